The lowest BCUT2D eigenvalue weighted by Crippen LogP contribution is -2.56. The van der Waals surface area contributed by atoms with Gasteiger partial charge in [-0.1, -0.05) is 19.8 Å². The molecule has 1 aliphatic carbocycles. The number of nitrogens with one attached hydrogen (secondary N) is 1. The van der Waals surface area contributed by atoms with Gasteiger partial charge in [-0.2, -0.15) is 0 Å². The van der Waals surface area contributed by atoms with Crippen molar-refractivity contribution in [2.75, 3.05) is 5.73 Å². The van der Waals surface area contributed by atoms with E-state index >= 15 is 0 Å². The summed E-state index contributed by atoms with van der Waals surface area (Å²) in [5, 5.41) is 12.0. The maximum absolute atomic E-state index is 13.8. The lowest BCUT2D eigenvalue weighted by atomic mass is 9.76. The van der Waals surface area contributed by atoms with Crippen LogP contribution in [0.15, 0.2) is 18.2 Å². The lowest BCUT2D eigenvalue weighted by molar-refractivity contribution is -0.146. The van der Waals surface area contributed by atoms with E-state index in [1.165, 1.54) is 12.1 Å². The van der Waals surface area contributed by atoms with Crippen molar-refractivity contribution in [1.82, 2.24) is 5.32 Å². The average Bonchev–Trinajstić information content (AvgIpc) is 2.38. The molecule has 114 valence electrons. The van der Waals surface area contributed by atoms with Crippen molar-refractivity contribution in [2.24, 2.45) is 5.92 Å². The zero-order valence-electron chi connectivity index (χ0n) is 11.9. The number of anilines is 1. The Balaban J connectivity index is 2.24. The summed E-state index contributed by atoms with van der Waals surface area (Å²) < 4.78 is 13.8. The molecule has 0 spiro atoms. The summed E-state index contributed by atoms with van der Waals surface area (Å²) in [6, 6.07) is 3.72. The van der Waals surface area contributed by atoms with Gasteiger partial charge >= 0.3 is 5.97 Å². The normalized spacial score (nSPS) is 25.3. The van der Waals surface area contributed by atoms with E-state index < -0.39 is 23.2 Å². The van der Waals surface area contributed by atoms with Gasteiger partial charge in [0.05, 0.1) is 5.56 Å². The molecule has 1 aromatic carbocycles. The van der Waals surface area contributed by atoms with E-state index in [1.807, 2.05) is 6.92 Å². The van der Waals surface area contributed by atoms with Gasteiger partial charge in [-0.15, -0.1) is 0 Å². The second kappa shape index (κ2) is 5.71. The summed E-state index contributed by atoms with van der Waals surface area (Å²) in [7, 11) is 0. The van der Waals surface area contributed by atoms with Crippen LogP contribution in [0.5, 0.6) is 0 Å². The Morgan fingerprint density at radius 3 is 2.76 bits per heavy atom. The third-order valence-electron chi connectivity index (χ3n) is 4.00. The third kappa shape index (κ3) is 3.15. The Morgan fingerprint density at radius 2 is 2.19 bits per heavy atom. The number of amides is 1. The second-order valence-corrected chi connectivity index (χ2v) is 5.78. The molecule has 1 saturated carbocycles. The molecule has 21 heavy (non-hydrogen) atoms. The van der Waals surface area contributed by atoms with E-state index in [-0.39, 0.29) is 17.2 Å². The van der Waals surface area contributed by atoms with Crippen LogP contribution in [0.3, 0.4) is 0 Å². The molecule has 1 aliphatic rings. The number of nitrogen functional groups attached to an aromatic ring is 1. The van der Waals surface area contributed by atoms with E-state index in [0.717, 1.165) is 18.9 Å². The Bertz CT molecular complexity index is 576. The number of carbonyl (C=O) groups excluding carboxylic acids is 1. The highest BCUT2D eigenvalue weighted by Crippen LogP contribution is 2.33. The van der Waals surface area contributed by atoms with Crippen LogP contribution >= 0.6 is 0 Å². The fraction of sp³-hybridized carbons (Fsp3) is 0.467. The first-order valence-electron chi connectivity index (χ1n) is 6.95. The van der Waals surface area contributed by atoms with Gasteiger partial charge in [-0.25, -0.2) is 9.18 Å². The first-order chi connectivity index (χ1) is 9.84. The van der Waals surface area contributed by atoms with E-state index in [0.29, 0.717) is 12.8 Å². The number of rotatable bonds is 3. The maximum Gasteiger partial charge on any atom is 0.329 e. The van der Waals surface area contributed by atoms with Crippen molar-refractivity contribution in [3.63, 3.8) is 0 Å². The molecule has 2 atom stereocenters. The number of carboxylic acid groups (broad SMARTS) is 1. The van der Waals surface area contributed by atoms with Crippen molar-refractivity contribution in [2.45, 2.75) is 38.1 Å². The highest BCUT2D eigenvalue weighted by molar-refractivity contribution is 5.98. The van der Waals surface area contributed by atoms with Crippen LogP contribution in [0, 0.1) is 11.7 Å². The molecular weight excluding hydrogens is 275 g/mol. The van der Waals surface area contributed by atoms with Crippen LogP contribution in [-0.2, 0) is 4.79 Å². The van der Waals surface area contributed by atoms with Gasteiger partial charge < -0.3 is 16.2 Å². The average molecular weight is 294 g/mol. The Labute approximate surface area is 122 Å². The summed E-state index contributed by atoms with van der Waals surface area (Å²) in [4.78, 5) is 23.8. The van der Waals surface area contributed by atoms with E-state index in [4.69, 9.17) is 5.73 Å². The SMILES string of the molecule is CC1CCCC(NC(=O)c2ccc(N)cc2F)(C(=O)O)C1. The maximum atomic E-state index is 13.8. The fourth-order valence-electron chi connectivity index (χ4n) is 2.91. The van der Waals surface area contributed by atoms with Gasteiger partial charge in [0.25, 0.3) is 5.91 Å². The summed E-state index contributed by atoms with van der Waals surface area (Å²) in [5.74, 6) is -2.34. The lowest BCUT2D eigenvalue weighted by Gasteiger charge is -2.37. The fourth-order valence-corrected chi connectivity index (χ4v) is 2.91. The summed E-state index contributed by atoms with van der Waals surface area (Å²) in [6.45, 7) is 1.95. The van der Waals surface area contributed by atoms with Crippen LogP contribution in [0.1, 0.15) is 43.0 Å². The zero-order chi connectivity index (χ0) is 15.6. The van der Waals surface area contributed by atoms with Gasteiger partial charge in [0.1, 0.15) is 11.4 Å². The molecular formula is C15H19FN2O3. The zero-order valence-corrected chi connectivity index (χ0v) is 11.9. The molecule has 0 radical (unpaired) electrons. The van der Waals surface area contributed by atoms with Gasteiger partial charge in [-0.05, 0) is 37.0 Å². The molecule has 4 N–H and O–H groups in total. The first-order valence-corrected chi connectivity index (χ1v) is 6.95. The summed E-state index contributed by atoms with van der Waals surface area (Å²) in [6.07, 6.45) is 2.36. The molecule has 1 amide bonds. The van der Waals surface area contributed by atoms with Gasteiger partial charge in [-0.3, -0.25) is 4.79 Å². The minimum Gasteiger partial charge on any atom is -0.480 e. The van der Waals surface area contributed by atoms with Gasteiger partial charge in [0.15, 0.2) is 0 Å². The number of nitrogens with two attached hydrogens (primary N) is 1. The number of carboxylic acids is 1. The van der Waals surface area contributed by atoms with Crippen molar-refractivity contribution >= 4 is 17.6 Å². The number of carbonyl (C=O) groups is 2. The van der Waals surface area contributed by atoms with Gasteiger partial charge in [0.2, 0.25) is 0 Å². The molecule has 0 aromatic heterocycles. The van der Waals surface area contributed by atoms with Crippen molar-refractivity contribution in [3.8, 4) is 0 Å². The first kappa shape index (κ1) is 15.3. The molecule has 6 heteroatoms. The summed E-state index contributed by atoms with van der Waals surface area (Å²) >= 11 is 0. The summed E-state index contributed by atoms with van der Waals surface area (Å²) in [5.41, 5.74) is 4.14. The van der Waals surface area contributed by atoms with Crippen molar-refractivity contribution in [3.05, 3.63) is 29.6 Å². The number of aliphatic carboxylic acids is 1. The molecule has 0 saturated heterocycles. The number of hydrogen-bond donors (Lipinski definition) is 3. The Hall–Kier alpha value is -2.11. The highest BCUT2D eigenvalue weighted by Gasteiger charge is 2.43. The van der Waals surface area contributed by atoms with Crippen molar-refractivity contribution in [1.29, 1.82) is 0 Å². The van der Waals surface area contributed by atoms with Crippen LogP contribution in [0.2, 0.25) is 0 Å². The molecule has 0 heterocycles. The quantitative estimate of drug-likeness (QED) is 0.745. The smallest absolute Gasteiger partial charge is 0.329 e. The molecule has 1 fully saturated rings. The van der Waals surface area contributed by atoms with E-state index in [9.17, 15) is 19.1 Å². The van der Waals surface area contributed by atoms with Crippen LogP contribution in [0.25, 0.3) is 0 Å². The van der Waals surface area contributed by atoms with Crippen molar-refractivity contribution < 1.29 is 19.1 Å². The number of benzene rings is 1. The van der Waals surface area contributed by atoms with Crippen LogP contribution in [0.4, 0.5) is 10.1 Å². The molecule has 0 aliphatic heterocycles. The molecule has 2 rings (SSSR count). The Morgan fingerprint density at radius 1 is 1.48 bits per heavy atom. The molecule has 0 bridgehead atoms. The largest absolute Gasteiger partial charge is 0.480 e. The number of halogens is 1. The minimum absolute atomic E-state index is 0.192. The highest BCUT2D eigenvalue weighted by atomic mass is 19.1. The Kier molecular flexibility index (Phi) is 4.16. The second-order valence-electron chi connectivity index (χ2n) is 5.78. The molecule has 5 nitrogen and oxygen atoms in total. The van der Waals surface area contributed by atoms with Crippen LogP contribution < -0.4 is 11.1 Å². The predicted molar refractivity (Wildman–Crippen MR) is 76.3 cm³/mol. The minimum atomic E-state index is -1.32. The van der Waals surface area contributed by atoms with Crippen LogP contribution in [-0.4, -0.2) is 22.5 Å². The predicted octanol–water partition coefficient (Wildman–Crippen LogP) is 2.17. The third-order valence-corrected chi connectivity index (χ3v) is 4.00. The topological polar surface area (TPSA) is 92.4 Å². The van der Waals surface area contributed by atoms with Gasteiger partial charge in [0, 0.05) is 5.69 Å². The van der Waals surface area contributed by atoms with E-state index in [2.05, 4.69) is 5.32 Å². The monoisotopic (exact) mass is 294 g/mol. The molecule has 1 aromatic rings. The standard InChI is InChI=1S/C15H19FN2O3/c1-9-3-2-6-15(8-9,14(20)21)18-13(19)11-5-4-10(17)7-12(11)16/h4-5,7,9H,2-3,6,8,17H2,1H3,(H,18,19)(H,20,21). The van der Waals surface area contributed by atoms with E-state index in [1.54, 1.807) is 0 Å². The number of hydrogen-bond acceptors (Lipinski definition) is 3. The molecule has 2 unspecified atom stereocenters.